The van der Waals surface area contributed by atoms with Gasteiger partial charge in [-0.25, -0.2) is 14.4 Å². The highest BCUT2D eigenvalue weighted by atomic mass is 35.5. The molecule has 0 unspecified atom stereocenters. The van der Waals surface area contributed by atoms with Gasteiger partial charge in [0.25, 0.3) is 0 Å². The number of nitrogens with one attached hydrogen (secondary N) is 1. The van der Waals surface area contributed by atoms with Crippen LogP contribution in [0, 0.1) is 5.82 Å². The van der Waals surface area contributed by atoms with Crippen LogP contribution in [0.25, 0.3) is 0 Å². The topological polar surface area (TPSA) is 63.8 Å². The van der Waals surface area contributed by atoms with E-state index in [0.717, 1.165) is 5.56 Å². The fourth-order valence-electron chi connectivity index (χ4n) is 1.35. The smallest absolute Gasteiger partial charge is 0.157 e. The van der Waals surface area contributed by atoms with E-state index in [1.54, 1.807) is 6.07 Å². The second-order valence-corrected chi connectivity index (χ2v) is 4.29. The number of nitrogen functional groups attached to an aromatic ring is 1. The maximum atomic E-state index is 13.0. The van der Waals surface area contributed by atoms with Crippen molar-refractivity contribution in [2.24, 2.45) is 0 Å². The molecule has 4 nitrogen and oxygen atoms in total. The first-order chi connectivity index (χ1) is 8.58. The largest absolute Gasteiger partial charge is 0.393 e. The molecule has 0 aliphatic carbocycles. The zero-order valence-corrected chi connectivity index (χ0v) is 10.6. The van der Waals surface area contributed by atoms with E-state index in [4.69, 9.17) is 28.9 Å². The number of anilines is 2. The Balaban J connectivity index is 2.11. The van der Waals surface area contributed by atoms with Crippen molar-refractivity contribution < 1.29 is 4.39 Å². The van der Waals surface area contributed by atoms with E-state index >= 15 is 0 Å². The van der Waals surface area contributed by atoms with Crippen LogP contribution in [0.3, 0.4) is 0 Å². The Bertz CT molecular complexity index is 577. The molecule has 0 bridgehead atoms. The normalized spacial score (nSPS) is 10.4. The van der Waals surface area contributed by atoms with E-state index in [0.29, 0.717) is 12.4 Å². The maximum absolute atomic E-state index is 13.0. The van der Waals surface area contributed by atoms with Crippen LogP contribution in [-0.2, 0) is 6.54 Å². The Morgan fingerprint density at radius 2 is 2.06 bits per heavy atom. The average Bonchev–Trinajstić information content (AvgIpc) is 2.35. The minimum Gasteiger partial charge on any atom is -0.393 e. The number of nitrogens with two attached hydrogens (primary N) is 1. The summed E-state index contributed by atoms with van der Waals surface area (Å²) in [6, 6.07) is 4.45. The minimum absolute atomic E-state index is 0.0722. The van der Waals surface area contributed by atoms with Crippen LogP contribution >= 0.6 is 23.2 Å². The molecule has 0 atom stereocenters. The number of hydrogen-bond donors (Lipinski definition) is 2. The first-order valence-corrected chi connectivity index (χ1v) is 5.77. The van der Waals surface area contributed by atoms with Gasteiger partial charge >= 0.3 is 0 Å². The number of benzene rings is 1. The SMILES string of the molecule is Nc1c(Cl)ncnc1NCc1ccc(F)c(Cl)c1. The summed E-state index contributed by atoms with van der Waals surface area (Å²) in [5.41, 5.74) is 6.77. The molecule has 2 rings (SSSR count). The molecule has 0 spiro atoms. The summed E-state index contributed by atoms with van der Waals surface area (Å²) in [6.45, 7) is 0.400. The number of halogens is 3. The molecule has 0 amide bonds. The van der Waals surface area contributed by atoms with Crippen LogP contribution < -0.4 is 11.1 Å². The zero-order chi connectivity index (χ0) is 13.1. The second-order valence-electron chi connectivity index (χ2n) is 3.53. The molecule has 1 heterocycles. The van der Waals surface area contributed by atoms with Gasteiger partial charge in [0.2, 0.25) is 0 Å². The number of hydrogen-bond acceptors (Lipinski definition) is 4. The van der Waals surface area contributed by atoms with Gasteiger partial charge in [0.15, 0.2) is 11.0 Å². The van der Waals surface area contributed by atoms with E-state index < -0.39 is 5.82 Å². The highest BCUT2D eigenvalue weighted by molar-refractivity contribution is 6.32. The molecule has 7 heteroatoms. The van der Waals surface area contributed by atoms with Crippen LogP contribution in [-0.4, -0.2) is 9.97 Å². The molecule has 1 aromatic carbocycles. The van der Waals surface area contributed by atoms with Gasteiger partial charge in [-0.05, 0) is 17.7 Å². The Labute approximate surface area is 113 Å². The molecule has 3 N–H and O–H groups in total. The predicted molar refractivity (Wildman–Crippen MR) is 70.2 cm³/mol. The lowest BCUT2D eigenvalue weighted by Gasteiger charge is -2.08. The van der Waals surface area contributed by atoms with Crippen molar-refractivity contribution in [1.82, 2.24) is 9.97 Å². The molecule has 0 aliphatic rings. The lowest BCUT2D eigenvalue weighted by atomic mass is 10.2. The molecule has 1 aromatic heterocycles. The van der Waals surface area contributed by atoms with Gasteiger partial charge in [0, 0.05) is 6.54 Å². The van der Waals surface area contributed by atoms with E-state index in [2.05, 4.69) is 15.3 Å². The summed E-state index contributed by atoms with van der Waals surface area (Å²) < 4.78 is 13.0. The third-order valence-electron chi connectivity index (χ3n) is 2.28. The van der Waals surface area contributed by atoms with Gasteiger partial charge in [-0.1, -0.05) is 29.3 Å². The summed E-state index contributed by atoms with van der Waals surface area (Å²) in [6.07, 6.45) is 1.30. The fourth-order valence-corrected chi connectivity index (χ4v) is 1.69. The van der Waals surface area contributed by atoms with Gasteiger partial charge < -0.3 is 11.1 Å². The minimum atomic E-state index is -0.454. The Morgan fingerprint density at radius 3 is 2.78 bits per heavy atom. The molecule has 18 heavy (non-hydrogen) atoms. The number of aromatic nitrogens is 2. The first-order valence-electron chi connectivity index (χ1n) is 5.01. The van der Waals surface area contributed by atoms with Crippen molar-refractivity contribution in [2.75, 3.05) is 11.1 Å². The molecule has 0 saturated carbocycles. The van der Waals surface area contributed by atoms with Crippen LogP contribution in [0.5, 0.6) is 0 Å². The van der Waals surface area contributed by atoms with Crippen molar-refractivity contribution in [3.63, 3.8) is 0 Å². The van der Waals surface area contributed by atoms with Crippen molar-refractivity contribution in [3.05, 3.63) is 46.1 Å². The molecule has 0 aliphatic heterocycles. The highest BCUT2D eigenvalue weighted by Crippen LogP contribution is 2.23. The van der Waals surface area contributed by atoms with Gasteiger partial charge in [-0.15, -0.1) is 0 Å². The van der Waals surface area contributed by atoms with E-state index in [9.17, 15) is 4.39 Å². The number of rotatable bonds is 3. The van der Waals surface area contributed by atoms with E-state index in [-0.39, 0.29) is 15.9 Å². The van der Waals surface area contributed by atoms with Crippen LogP contribution in [0.4, 0.5) is 15.9 Å². The molecule has 2 aromatic rings. The molecule has 94 valence electrons. The van der Waals surface area contributed by atoms with Crippen molar-refractivity contribution in [2.45, 2.75) is 6.54 Å². The Kier molecular flexibility index (Phi) is 3.84. The second kappa shape index (κ2) is 5.37. The maximum Gasteiger partial charge on any atom is 0.157 e. The third kappa shape index (κ3) is 2.80. The highest BCUT2D eigenvalue weighted by Gasteiger charge is 2.06. The average molecular weight is 287 g/mol. The molecule has 0 fully saturated rings. The summed E-state index contributed by atoms with van der Waals surface area (Å²) >= 11 is 11.4. The van der Waals surface area contributed by atoms with Crippen molar-refractivity contribution in [3.8, 4) is 0 Å². The lowest BCUT2D eigenvalue weighted by Crippen LogP contribution is -2.05. The van der Waals surface area contributed by atoms with Gasteiger partial charge in [0.1, 0.15) is 17.8 Å². The Morgan fingerprint density at radius 1 is 1.28 bits per heavy atom. The molecule has 0 radical (unpaired) electrons. The van der Waals surface area contributed by atoms with Gasteiger partial charge in [-0.3, -0.25) is 0 Å². The number of nitrogens with zero attached hydrogens (tertiary/aromatic N) is 2. The van der Waals surface area contributed by atoms with Gasteiger partial charge in [-0.2, -0.15) is 0 Å². The standard InChI is InChI=1S/C11H9Cl2FN4/c12-7-3-6(1-2-8(7)14)4-16-11-9(15)10(13)17-5-18-11/h1-3,5H,4,15H2,(H,16,17,18). The quantitative estimate of drug-likeness (QED) is 0.851. The van der Waals surface area contributed by atoms with E-state index in [1.807, 2.05) is 0 Å². The third-order valence-corrected chi connectivity index (χ3v) is 2.87. The molecular weight excluding hydrogens is 278 g/mol. The summed E-state index contributed by atoms with van der Waals surface area (Å²) in [5.74, 6) is -0.0274. The monoisotopic (exact) mass is 286 g/mol. The van der Waals surface area contributed by atoms with Crippen molar-refractivity contribution >= 4 is 34.7 Å². The predicted octanol–water partition coefficient (Wildman–Crippen LogP) is 3.12. The molecule has 0 saturated heterocycles. The zero-order valence-electron chi connectivity index (χ0n) is 9.12. The summed E-state index contributed by atoms with van der Waals surface area (Å²) in [7, 11) is 0. The first kappa shape index (κ1) is 12.9. The van der Waals surface area contributed by atoms with Crippen molar-refractivity contribution in [1.29, 1.82) is 0 Å². The Hall–Kier alpha value is -1.59. The lowest BCUT2D eigenvalue weighted by molar-refractivity contribution is 0.627. The van der Waals surface area contributed by atoms with Gasteiger partial charge in [0.05, 0.1) is 5.02 Å². The van der Waals surface area contributed by atoms with Crippen LogP contribution in [0.15, 0.2) is 24.5 Å². The fraction of sp³-hybridized carbons (Fsp3) is 0.0909. The molecular formula is C11H9Cl2FN4. The van der Waals surface area contributed by atoms with Crippen LogP contribution in [0.2, 0.25) is 10.2 Å². The van der Waals surface area contributed by atoms with E-state index in [1.165, 1.54) is 18.5 Å². The van der Waals surface area contributed by atoms with Crippen LogP contribution in [0.1, 0.15) is 5.56 Å². The summed E-state index contributed by atoms with van der Waals surface area (Å²) in [5, 5.41) is 3.23. The summed E-state index contributed by atoms with van der Waals surface area (Å²) in [4.78, 5) is 7.69.